The van der Waals surface area contributed by atoms with Crippen LogP contribution in [-0.2, 0) is 9.53 Å². The summed E-state index contributed by atoms with van der Waals surface area (Å²) in [4.78, 5) is 10.6. The van der Waals surface area contributed by atoms with Gasteiger partial charge in [-0.3, -0.25) is 4.79 Å². The molecule has 0 amide bonds. The van der Waals surface area contributed by atoms with E-state index in [-0.39, 0.29) is 6.10 Å². The van der Waals surface area contributed by atoms with Crippen molar-refractivity contribution in [2.24, 2.45) is 0 Å². The maximum Gasteiger partial charge on any atom is 0.293 e. The van der Waals surface area contributed by atoms with E-state index >= 15 is 0 Å². The molecule has 0 aliphatic carbocycles. The number of carbonyl (C=O) groups is 1. The van der Waals surface area contributed by atoms with E-state index in [1.807, 2.05) is 43.3 Å². The van der Waals surface area contributed by atoms with Crippen molar-refractivity contribution >= 4 is 6.47 Å². The maximum absolute atomic E-state index is 10.6. The van der Waals surface area contributed by atoms with Crippen molar-refractivity contribution < 1.29 is 9.53 Å². The molecule has 0 N–H and O–H groups in total. The zero-order valence-electron chi connectivity index (χ0n) is 10.4. The fraction of sp³-hybridized carbons (Fsp3) is 0.188. The van der Waals surface area contributed by atoms with Crippen molar-refractivity contribution in [3.05, 3.63) is 60.2 Å². The molecular formula is C16H16O2. The number of carbonyl (C=O) groups excluding carboxylic acids is 1. The van der Waals surface area contributed by atoms with Gasteiger partial charge in [0.2, 0.25) is 0 Å². The van der Waals surface area contributed by atoms with Gasteiger partial charge >= 0.3 is 0 Å². The molecule has 2 aromatic rings. The van der Waals surface area contributed by atoms with Gasteiger partial charge in [0.25, 0.3) is 6.47 Å². The summed E-state index contributed by atoms with van der Waals surface area (Å²) >= 11 is 0. The zero-order chi connectivity index (χ0) is 12.8. The van der Waals surface area contributed by atoms with Crippen LogP contribution >= 0.6 is 0 Å². The molecule has 0 fully saturated rings. The Morgan fingerprint density at radius 1 is 1.06 bits per heavy atom. The Bertz CT molecular complexity index is 506. The summed E-state index contributed by atoms with van der Waals surface area (Å²) < 4.78 is 5.16. The first kappa shape index (κ1) is 12.4. The molecule has 0 saturated heterocycles. The minimum absolute atomic E-state index is 0.182. The monoisotopic (exact) mass is 240 g/mol. The van der Waals surface area contributed by atoms with Gasteiger partial charge in [0, 0.05) is 5.56 Å². The predicted molar refractivity (Wildman–Crippen MR) is 72.1 cm³/mol. The van der Waals surface area contributed by atoms with Gasteiger partial charge in [-0.25, -0.2) is 0 Å². The molecule has 0 heterocycles. The van der Waals surface area contributed by atoms with Crippen molar-refractivity contribution in [3.8, 4) is 11.1 Å². The zero-order valence-corrected chi connectivity index (χ0v) is 10.4. The highest BCUT2D eigenvalue weighted by atomic mass is 16.5. The maximum atomic E-state index is 10.6. The van der Waals surface area contributed by atoms with Crippen LogP contribution in [0.1, 0.15) is 25.0 Å². The van der Waals surface area contributed by atoms with Gasteiger partial charge in [0.15, 0.2) is 0 Å². The van der Waals surface area contributed by atoms with E-state index in [1.165, 1.54) is 0 Å². The van der Waals surface area contributed by atoms with Gasteiger partial charge in [-0.1, -0.05) is 61.5 Å². The van der Waals surface area contributed by atoms with E-state index in [0.29, 0.717) is 6.47 Å². The molecule has 2 aromatic carbocycles. The Balaban J connectivity index is 2.45. The third-order valence-corrected chi connectivity index (χ3v) is 2.98. The summed E-state index contributed by atoms with van der Waals surface area (Å²) in [5.41, 5.74) is 3.31. The normalized spacial score (nSPS) is 11.8. The Hall–Kier alpha value is -2.09. The fourth-order valence-electron chi connectivity index (χ4n) is 2.11. The smallest absolute Gasteiger partial charge is 0.293 e. The second kappa shape index (κ2) is 6.01. The van der Waals surface area contributed by atoms with Crippen LogP contribution in [0.25, 0.3) is 11.1 Å². The van der Waals surface area contributed by atoms with E-state index in [2.05, 4.69) is 18.2 Å². The lowest BCUT2D eigenvalue weighted by atomic mass is 9.95. The summed E-state index contributed by atoms with van der Waals surface area (Å²) in [5, 5.41) is 0. The molecule has 0 spiro atoms. The number of hydrogen-bond acceptors (Lipinski definition) is 2. The number of ether oxygens (including phenoxy) is 1. The molecule has 0 radical (unpaired) electrons. The Labute approximate surface area is 107 Å². The number of benzene rings is 2. The second-order valence-electron chi connectivity index (χ2n) is 4.08. The molecule has 2 heteroatoms. The van der Waals surface area contributed by atoms with E-state index in [9.17, 15) is 4.79 Å². The van der Waals surface area contributed by atoms with E-state index in [1.54, 1.807) is 0 Å². The molecule has 18 heavy (non-hydrogen) atoms. The lowest BCUT2D eigenvalue weighted by molar-refractivity contribution is -0.134. The summed E-state index contributed by atoms with van der Waals surface area (Å²) in [7, 11) is 0. The van der Waals surface area contributed by atoms with Gasteiger partial charge in [0.1, 0.15) is 6.10 Å². The fourth-order valence-corrected chi connectivity index (χ4v) is 2.11. The first-order valence-corrected chi connectivity index (χ1v) is 6.10. The minimum atomic E-state index is -0.182. The molecule has 1 atom stereocenters. The van der Waals surface area contributed by atoms with Crippen molar-refractivity contribution in [1.82, 2.24) is 0 Å². The molecule has 2 nitrogen and oxygen atoms in total. The largest absolute Gasteiger partial charge is 0.460 e. The first-order valence-electron chi connectivity index (χ1n) is 6.10. The highest BCUT2D eigenvalue weighted by molar-refractivity contribution is 5.67. The summed E-state index contributed by atoms with van der Waals surface area (Å²) in [5.74, 6) is 0. The van der Waals surface area contributed by atoms with Gasteiger partial charge in [-0.05, 0) is 17.5 Å². The lowest BCUT2D eigenvalue weighted by Crippen LogP contribution is -2.03. The molecule has 0 aliphatic rings. The van der Waals surface area contributed by atoms with Crippen LogP contribution in [0.3, 0.4) is 0 Å². The highest BCUT2D eigenvalue weighted by Gasteiger charge is 2.14. The van der Waals surface area contributed by atoms with E-state index < -0.39 is 0 Å². The average molecular weight is 240 g/mol. The van der Waals surface area contributed by atoms with Gasteiger partial charge in [-0.2, -0.15) is 0 Å². The van der Waals surface area contributed by atoms with Crippen molar-refractivity contribution in [2.75, 3.05) is 0 Å². The van der Waals surface area contributed by atoms with Gasteiger partial charge < -0.3 is 4.74 Å². The Morgan fingerprint density at radius 3 is 2.39 bits per heavy atom. The van der Waals surface area contributed by atoms with Crippen molar-refractivity contribution in [2.45, 2.75) is 19.4 Å². The summed E-state index contributed by atoms with van der Waals surface area (Å²) in [6, 6.07) is 18.2. The molecule has 0 saturated carbocycles. The molecular weight excluding hydrogens is 224 g/mol. The topological polar surface area (TPSA) is 26.3 Å². The minimum Gasteiger partial charge on any atom is -0.460 e. The van der Waals surface area contributed by atoms with Gasteiger partial charge in [0.05, 0.1) is 0 Å². The molecule has 1 unspecified atom stereocenters. The number of rotatable bonds is 5. The van der Waals surface area contributed by atoms with Crippen LogP contribution in [0.5, 0.6) is 0 Å². The quantitative estimate of drug-likeness (QED) is 0.739. The van der Waals surface area contributed by atoms with Crippen LogP contribution in [0.15, 0.2) is 54.6 Å². The lowest BCUT2D eigenvalue weighted by Gasteiger charge is -2.17. The van der Waals surface area contributed by atoms with E-state index in [0.717, 1.165) is 23.1 Å². The van der Waals surface area contributed by atoms with Crippen LogP contribution in [0.2, 0.25) is 0 Å². The number of hydrogen-bond donors (Lipinski definition) is 0. The Morgan fingerprint density at radius 2 is 1.72 bits per heavy atom. The molecule has 0 aliphatic heterocycles. The SMILES string of the molecule is CCC(OC=O)c1ccccc1-c1ccccc1. The highest BCUT2D eigenvalue weighted by Crippen LogP contribution is 2.31. The van der Waals surface area contributed by atoms with E-state index in [4.69, 9.17) is 4.74 Å². The van der Waals surface area contributed by atoms with Crippen LogP contribution in [0.4, 0.5) is 0 Å². The van der Waals surface area contributed by atoms with Crippen LogP contribution < -0.4 is 0 Å². The standard InChI is InChI=1S/C16H16O2/c1-2-16(18-12-17)15-11-7-6-10-14(15)13-8-4-3-5-9-13/h3-12,16H,2H2,1H3. The molecule has 92 valence electrons. The molecule has 2 rings (SSSR count). The Kier molecular flexibility index (Phi) is 4.13. The van der Waals surface area contributed by atoms with Crippen molar-refractivity contribution in [1.29, 1.82) is 0 Å². The predicted octanol–water partition coefficient (Wildman–Crippen LogP) is 3.98. The first-order chi connectivity index (χ1) is 8.86. The summed E-state index contributed by atoms with van der Waals surface area (Å²) in [6.07, 6.45) is 0.585. The second-order valence-corrected chi connectivity index (χ2v) is 4.08. The van der Waals surface area contributed by atoms with Crippen LogP contribution in [-0.4, -0.2) is 6.47 Å². The van der Waals surface area contributed by atoms with Crippen molar-refractivity contribution in [3.63, 3.8) is 0 Å². The molecule has 0 aromatic heterocycles. The average Bonchev–Trinajstić information content (AvgIpc) is 2.46. The van der Waals surface area contributed by atoms with Crippen LogP contribution in [0, 0.1) is 0 Å². The summed E-state index contributed by atoms with van der Waals surface area (Å²) in [6.45, 7) is 2.53. The van der Waals surface area contributed by atoms with Gasteiger partial charge in [-0.15, -0.1) is 0 Å². The molecule has 0 bridgehead atoms. The third-order valence-electron chi connectivity index (χ3n) is 2.98. The third kappa shape index (κ3) is 2.59.